The second-order valence-corrected chi connectivity index (χ2v) is 12.7. The molecule has 1 spiro atoms. The summed E-state index contributed by atoms with van der Waals surface area (Å²) in [5.41, 5.74) is 2.87. The Kier molecular flexibility index (Phi) is 6.27. The maximum absolute atomic E-state index is 12.4. The Hall–Kier alpha value is -1.73. The Balaban J connectivity index is 0.911. The average molecular weight is 483 g/mol. The van der Waals surface area contributed by atoms with Crippen LogP contribution in [0.4, 0.5) is 5.13 Å². The first-order valence-electron chi connectivity index (χ1n) is 13.4. The molecule has 0 atom stereocenters. The molecule has 0 aromatic carbocycles. The zero-order valence-electron chi connectivity index (χ0n) is 20.6. The highest BCUT2D eigenvalue weighted by Gasteiger charge is 2.48. The Morgan fingerprint density at radius 2 is 2.00 bits per heavy atom. The van der Waals surface area contributed by atoms with Crippen molar-refractivity contribution in [3.8, 4) is 0 Å². The molecule has 34 heavy (non-hydrogen) atoms. The van der Waals surface area contributed by atoms with Gasteiger partial charge in [0.1, 0.15) is 11.5 Å². The van der Waals surface area contributed by atoms with Crippen LogP contribution in [-0.2, 0) is 24.2 Å². The molecule has 6 nitrogen and oxygen atoms in total. The third kappa shape index (κ3) is 4.83. The molecule has 2 aliphatic carbocycles. The summed E-state index contributed by atoms with van der Waals surface area (Å²) in [6.07, 6.45) is 12.8. The van der Waals surface area contributed by atoms with Gasteiger partial charge in [0.05, 0.1) is 17.8 Å². The van der Waals surface area contributed by atoms with Gasteiger partial charge in [-0.05, 0) is 63.8 Å². The maximum Gasteiger partial charge on any atom is 0.185 e. The zero-order chi connectivity index (χ0) is 23.1. The quantitative estimate of drug-likeness (QED) is 0.516. The predicted molar refractivity (Wildman–Crippen MR) is 134 cm³/mol. The Morgan fingerprint density at radius 1 is 1.21 bits per heavy atom. The van der Waals surface area contributed by atoms with Gasteiger partial charge in [-0.2, -0.15) is 0 Å². The van der Waals surface area contributed by atoms with E-state index < -0.39 is 0 Å². The number of hydrogen-bond donors (Lipinski definition) is 0. The van der Waals surface area contributed by atoms with E-state index in [0.717, 1.165) is 18.2 Å². The van der Waals surface area contributed by atoms with Gasteiger partial charge >= 0.3 is 0 Å². The van der Waals surface area contributed by atoms with E-state index in [9.17, 15) is 4.79 Å². The van der Waals surface area contributed by atoms with Crippen LogP contribution < -0.4 is 4.90 Å². The number of aryl methyl sites for hydroxylation is 1. The van der Waals surface area contributed by atoms with Crippen molar-refractivity contribution in [2.45, 2.75) is 84.1 Å². The van der Waals surface area contributed by atoms with Crippen molar-refractivity contribution in [2.24, 2.45) is 17.3 Å². The Bertz CT molecular complexity index is 1010. The van der Waals surface area contributed by atoms with Crippen LogP contribution in [0.15, 0.2) is 10.6 Å². The molecule has 0 amide bonds. The van der Waals surface area contributed by atoms with Gasteiger partial charge in [-0.25, -0.2) is 4.98 Å². The van der Waals surface area contributed by atoms with Gasteiger partial charge in [0.2, 0.25) is 0 Å². The lowest BCUT2D eigenvalue weighted by atomic mass is 9.64. The molecule has 0 unspecified atom stereocenters. The second-order valence-electron chi connectivity index (χ2n) is 11.6. The SMILES string of the molecule is Cc1cc(CC(=O)CC2CCC(CCN3CCc4sc(N5CC6(CCC6)C5)nc4C3)CC2)on1. The first-order chi connectivity index (χ1) is 16.5. The molecule has 0 N–H and O–H groups in total. The number of ketones is 1. The molecule has 6 rings (SSSR count). The minimum Gasteiger partial charge on any atom is -0.361 e. The Labute approximate surface area is 207 Å². The minimum absolute atomic E-state index is 0.299. The van der Waals surface area contributed by atoms with E-state index in [-0.39, 0.29) is 0 Å². The molecule has 0 bridgehead atoms. The van der Waals surface area contributed by atoms with Crippen LogP contribution in [0, 0.1) is 24.2 Å². The minimum atomic E-state index is 0.299. The molecular weight excluding hydrogens is 444 g/mol. The molecule has 4 aliphatic rings. The summed E-state index contributed by atoms with van der Waals surface area (Å²) >= 11 is 1.96. The van der Waals surface area contributed by atoms with Crippen LogP contribution in [0.3, 0.4) is 0 Å². The molecular formula is C27H38N4O2S. The fourth-order valence-electron chi connectivity index (χ4n) is 6.63. The van der Waals surface area contributed by atoms with Gasteiger partial charge in [0, 0.05) is 49.0 Å². The Morgan fingerprint density at radius 3 is 2.71 bits per heavy atom. The summed E-state index contributed by atoms with van der Waals surface area (Å²) < 4.78 is 5.21. The van der Waals surface area contributed by atoms with Gasteiger partial charge in [0.15, 0.2) is 5.13 Å². The number of carbonyl (C=O) groups excluding carboxylic acids is 1. The van der Waals surface area contributed by atoms with Gasteiger partial charge in [0.25, 0.3) is 0 Å². The van der Waals surface area contributed by atoms with Crippen molar-refractivity contribution < 1.29 is 9.32 Å². The van der Waals surface area contributed by atoms with E-state index in [1.165, 1.54) is 99.7 Å². The second kappa shape index (κ2) is 9.38. The topological polar surface area (TPSA) is 62.5 Å². The van der Waals surface area contributed by atoms with Crippen molar-refractivity contribution in [1.82, 2.24) is 15.0 Å². The van der Waals surface area contributed by atoms with E-state index >= 15 is 0 Å². The van der Waals surface area contributed by atoms with Crippen LogP contribution in [0.1, 0.15) is 79.8 Å². The van der Waals surface area contributed by atoms with Crippen LogP contribution in [-0.4, -0.2) is 47.0 Å². The first-order valence-corrected chi connectivity index (χ1v) is 14.2. The smallest absolute Gasteiger partial charge is 0.185 e. The number of thiazole rings is 1. The van der Waals surface area contributed by atoms with Crippen molar-refractivity contribution in [3.05, 3.63) is 28.1 Å². The fourth-order valence-corrected chi connectivity index (χ4v) is 7.69. The van der Waals surface area contributed by atoms with E-state index in [1.54, 1.807) is 0 Å². The summed E-state index contributed by atoms with van der Waals surface area (Å²) in [6, 6.07) is 1.88. The molecule has 2 aliphatic heterocycles. The molecule has 4 heterocycles. The normalized spacial score (nSPS) is 26.2. The number of rotatable bonds is 8. The maximum atomic E-state index is 12.4. The number of anilines is 1. The summed E-state index contributed by atoms with van der Waals surface area (Å²) in [5.74, 6) is 2.38. The summed E-state index contributed by atoms with van der Waals surface area (Å²) in [6.45, 7) is 7.80. The first kappa shape index (κ1) is 22.7. The molecule has 2 aromatic heterocycles. The van der Waals surface area contributed by atoms with E-state index in [1.807, 2.05) is 24.3 Å². The van der Waals surface area contributed by atoms with Crippen molar-refractivity contribution in [2.75, 3.05) is 31.1 Å². The monoisotopic (exact) mass is 482 g/mol. The lowest BCUT2D eigenvalue weighted by molar-refractivity contribution is -0.119. The predicted octanol–water partition coefficient (Wildman–Crippen LogP) is 5.19. The van der Waals surface area contributed by atoms with Crippen LogP contribution in [0.2, 0.25) is 0 Å². The number of aromatic nitrogens is 2. The lowest BCUT2D eigenvalue weighted by Gasteiger charge is -2.55. The van der Waals surface area contributed by atoms with Gasteiger partial charge < -0.3 is 9.42 Å². The lowest BCUT2D eigenvalue weighted by Crippen LogP contribution is -2.59. The third-order valence-electron chi connectivity index (χ3n) is 8.92. The van der Waals surface area contributed by atoms with Crippen molar-refractivity contribution in [3.63, 3.8) is 0 Å². The zero-order valence-corrected chi connectivity index (χ0v) is 21.4. The summed E-state index contributed by atoms with van der Waals surface area (Å²) in [4.78, 5) is 24.2. The summed E-state index contributed by atoms with van der Waals surface area (Å²) in [5, 5.41) is 5.17. The number of nitrogens with zero attached hydrogens (tertiary/aromatic N) is 4. The van der Waals surface area contributed by atoms with Crippen LogP contribution in [0.25, 0.3) is 0 Å². The van der Waals surface area contributed by atoms with E-state index in [4.69, 9.17) is 9.51 Å². The van der Waals surface area contributed by atoms with Crippen LogP contribution in [0.5, 0.6) is 0 Å². The van der Waals surface area contributed by atoms with E-state index in [0.29, 0.717) is 35.7 Å². The number of hydrogen-bond acceptors (Lipinski definition) is 7. The van der Waals surface area contributed by atoms with Crippen molar-refractivity contribution >= 4 is 22.3 Å². The fraction of sp³-hybridized carbons (Fsp3) is 0.741. The number of fused-ring (bicyclic) bond motifs is 1. The molecule has 0 radical (unpaired) electrons. The highest BCUT2D eigenvalue weighted by Crippen LogP contribution is 2.50. The third-order valence-corrected chi connectivity index (χ3v) is 10.1. The number of carbonyl (C=O) groups is 1. The molecule has 2 saturated carbocycles. The average Bonchev–Trinajstić information content (AvgIpc) is 3.36. The van der Waals surface area contributed by atoms with Gasteiger partial charge in [-0.15, -0.1) is 11.3 Å². The highest BCUT2D eigenvalue weighted by molar-refractivity contribution is 7.15. The van der Waals surface area contributed by atoms with Crippen LogP contribution >= 0.6 is 11.3 Å². The molecule has 1 saturated heterocycles. The molecule has 184 valence electrons. The largest absolute Gasteiger partial charge is 0.361 e. The molecule has 3 fully saturated rings. The summed E-state index contributed by atoms with van der Waals surface area (Å²) in [7, 11) is 0. The van der Waals surface area contributed by atoms with Gasteiger partial charge in [-0.1, -0.05) is 24.4 Å². The standard InChI is InChI=1S/C27H38N4O2S/c1-19-13-23(33-29-19)15-22(32)14-21-5-3-20(4-6-21)7-11-30-12-8-25-24(16-30)28-26(34-25)31-17-27(18-31)9-2-10-27/h13,20-21H,2-12,14-18H2,1H3. The highest BCUT2D eigenvalue weighted by atomic mass is 32.1. The van der Waals surface area contributed by atoms with Gasteiger partial charge in [-0.3, -0.25) is 9.69 Å². The number of Topliss-reactive ketones (excluding diaryl/α,β-unsaturated/α-hetero) is 1. The van der Waals surface area contributed by atoms with E-state index in [2.05, 4.69) is 15.0 Å². The van der Waals surface area contributed by atoms with Crippen molar-refractivity contribution in [1.29, 1.82) is 0 Å². The molecule has 2 aromatic rings. The molecule has 7 heteroatoms.